The molecule has 1 rings (SSSR count). The SMILES string of the molecule is CC(C)CC(O)c1ccc(Br)cc1F. The van der Waals surface area contributed by atoms with Crippen molar-refractivity contribution in [2.45, 2.75) is 26.4 Å². The molecule has 0 aliphatic heterocycles. The fraction of sp³-hybridized carbons (Fsp3) is 0.455. The lowest BCUT2D eigenvalue weighted by atomic mass is 9.99. The van der Waals surface area contributed by atoms with Crippen LogP contribution in [0.15, 0.2) is 22.7 Å². The molecule has 1 aromatic carbocycles. The molecule has 1 unspecified atom stereocenters. The minimum atomic E-state index is -0.705. The highest BCUT2D eigenvalue weighted by molar-refractivity contribution is 9.10. The summed E-state index contributed by atoms with van der Waals surface area (Å²) in [6.07, 6.45) is -0.124. The monoisotopic (exact) mass is 260 g/mol. The van der Waals surface area contributed by atoms with Gasteiger partial charge in [0.05, 0.1) is 6.10 Å². The maximum atomic E-state index is 13.4. The summed E-state index contributed by atoms with van der Waals surface area (Å²) in [4.78, 5) is 0. The molecule has 0 bridgehead atoms. The largest absolute Gasteiger partial charge is 0.388 e. The first-order valence-electron chi connectivity index (χ1n) is 4.63. The van der Waals surface area contributed by atoms with Gasteiger partial charge in [0.1, 0.15) is 5.82 Å². The third-order valence-corrected chi connectivity index (χ3v) is 2.51. The van der Waals surface area contributed by atoms with Crippen molar-refractivity contribution >= 4 is 15.9 Å². The maximum absolute atomic E-state index is 13.4. The van der Waals surface area contributed by atoms with Gasteiger partial charge in [-0.15, -0.1) is 0 Å². The number of aliphatic hydroxyl groups excluding tert-OH is 1. The van der Waals surface area contributed by atoms with Crippen molar-refractivity contribution in [3.05, 3.63) is 34.1 Å². The minimum absolute atomic E-state index is 0.354. The summed E-state index contributed by atoms with van der Waals surface area (Å²) >= 11 is 3.17. The lowest BCUT2D eigenvalue weighted by Gasteiger charge is -2.14. The lowest BCUT2D eigenvalue weighted by Crippen LogP contribution is -2.04. The highest BCUT2D eigenvalue weighted by atomic mass is 79.9. The fourth-order valence-corrected chi connectivity index (χ4v) is 1.68. The van der Waals surface area contributed by atoms with E-state index in [4.69, 9.17) is 0 Å². The Morgan fingerprint density at radius 3 is 2.57 bits per heavy atom. The van der Waals surface area contributed by atoms with Crippen LogP contribution < -0.4 is 0 Å². The highest BCUT2D eigenvalue weighted by Gasteiger charge is 2.14. The molecule has 78 valence electrons. The zero-order chi connectivity index (χ0) is 10.7. The van der Waals surface area contributed by atoms with Crippen LogP contribution >= 0.6 is 15.9 Å². The predicted octanol–water partition coefficient (Wildman–Crippen LogP) is 3.67. The Hall–Kier alpha value is -0.410. The van der Waals surface area contributed by atoms with Crippen molar-refractivity contribution in [2.75, 3.05) is 0 Å². The molecule has 1 atom stereocenters. The molecule has 0 spiro atoms. The molecule has 0 heterocycles. The second-order valence-corrected chi connectivity index (χ2v) is 4.73. The van der Waals surface area contributed by atoms with Crippen molar-refractivity contribution in [1.82, 2.24) is 0 Å². The zero-order valence-corrected chi connectivity index (χ0v) is 9.88. The first-order valence-corrected chi connectivity index (χ1v) is 5.43. The molecule has 0 amide bonds. The van der Waals surface area contributed by atoms with E-state index < -0.39 is 6.10 Å². The normalized spacial score (nSPS) is 13.3. The van der Waals surface area contributed by atoms with Crippen LogP contribution in [0.25, 0.3) is 0 Å². The number of hydrogen-bond donors (Lipinski definition) is 1. The molecule has 14 heavy (non-hydrogen) atoms. The standard InChI is InChI=1S/C11H14BrFO/c1-7(2)5-11(14)9-4-3-8(12)6-10(9)13/h3-4,6-7,11,14H,5H2,1-2H3. The maximum Gasteiger partial charge on any atom is 0.130 e. The van der Waals surface area contributed by atoms with Gasteiger partial charge < -0.3 is 5.11 Å². The summed E-state index contributed by atoms with van der Waals surface area (Å²) in [5.74, 6) is 0.000529. The van der Waals surface area contributed by atoms with Gasteiger partial charge in [0.2, 0.25) is 0 Å². The van der Waals surface area contributed by atoms with E-state index in [1.54, 1.807) is 12.1 Å². The first kappa shape index (κ1) is 11.7. The second-order valence-electron chi connectivity index (χ2n) is 3.81. The van der Waals surface area contributed by atoms with Crippen LogP contribution in [-0.2, 0) is 0 Å². The van der Waals surface area contributed by atoms with E-state index in [-0.39, 0.29) is 5.82 Å². The Kier molecular flexibility index (Phi) is 4.08. The van der Waals surface area contributed by atoms with E-state index in [0.29, 0.717) is 22.4 Å². The van der Waals surface area contributed by atoms with Crippen LogP contribution in [0.4, 0.5) is 4.39 Å². The Morgan fingerprint density at radius 1 is 1.43 bits per heavy atom. The average molecular weight is 261 g/mol. The van der Waals surface area contributed by atoms with Gasteiger partial charge in [-0.2, -0.15) is 0 Å². The van der Waals surface area contributed by atoms with Crippen LogP contribution in [0.3, 0.4) is 0 Å². The van der Waals surface area contributed by atoms with E-state index in [1.165, 1.54) is 6.07 Å². The number of aliphatic hydroxyl groups is 1. The zero-order valence-electron chi connectivity index (χ0n) is 8.30. The highest BCUT2D eigenvalue weighted by Crippen LogP contribution is 2.25. The molecule has 0 aromatic heterocycles. The summed E-state index contributed by atoms with van der Waals surface area (Å²) in [5, 5.41) is 9.71. The third-order valence-electron chi connectivity index (χ3n) is 2.02. The van der Waals surface area contributed by atoms with Crippen molar-refractivity contribution in [1.29, 1.82) is 0 Å². The molecule has 0 saturated carbocycles. The average Bonchev–Trinajstić information content (AvgIpc) is 2.01. The van der Waals surface area contributed by atoms with Crippen molar-refractivity contribution in [3.63, 3.8) is 0 Å². The van der Waals surface area contributed by atoms with Gasteiger partial charge in [0.15, 0.2) is 0 Å². The van der Waals surface area contributed by atoms with Crippen LogP contribution in [0, 0.1) is 11.7 Å². The number of benzene rings is 1. The minimum Gasteiger partial charge on any atom is -0.388 e. The molecule has 0 radical (unpaired) electrons. The van der Waals surface area contributed by atoms with Crippen LogP contribution in [0.5, 0.6) is 0 Å². The Morgan fingerprint density at radius 2 is 2.07 bits per heavy atom. The van der Waals surface area contributed by atoms with Crippen molar-refractivity contribution in [3.8, 4) is 0 Å². The quantitative estimate of drug-likeness (QED) is 0.880. The van der Waals surface area contributed by atoms with Crippen molar-refractivity contribution < 1.29 is 9.50 Å². The number of rotatable bonds is 3. The summed E-state index contributed by atoms with van der Waals surface area (Å²) < 4.78 is 14.1. The van der Waals surface area contributed by atoms with Gasteiger partial charge >= 0.3 is 0 Å². The molecule has 0 fully saturated rings. The summed E-state index contributed by atoms with van der Waals surface area (Å²) in [6, 6.07) is 4.73. The Labute approximate surface area is 92.1 Å². The Bertz CT molecular complexity index is 312. The first-order chi connectivity index (χ1) is 6.50. The van der Waals surface area contributed by atoms with E-state index in [9.17, 15) is 9.50 Å². The van der Waals surface area contributed by atoms with Gasteiger partial charge in [-0.1, -0.05) is 35.8 Å². The number of halogens is 2. The van der Waals surface area contributed by atoms with Gasteiger partial charge in [-0.3, -0.25) is 0 Å². The fourth-order valence-electron chi connectivity index (χ4n) is 1.35. The van der Waals surface area contributed by atoms with E-state index in [1.807, 2.05) is 13.8 Å². The summed E-state index contributed by atoms with van der Waals surface area (Å²) in [6.45, 7) is 4.00. The predicted molar refractivity (Wildman–Crippen MR) is 58.5 cm³/mol. The molecule has 3 heteroatoms. The van der Waals surface area contributed by atoms with Crippen LogP contribution in [0.2, 0.25) is 0 Å². The summed E-state index contributed by atoms with van der Waals surface area (Å²) in [5.41, 5.74) is 0.377. The van der Waals surface area contributed by atoms with E-state index >= 15 is 0 Å². The second kappa shape index (κ2) is 4.89. The molecule has 1 aromatic rings. The molecule has 0 aliphatic rings. The van der Waals surface area contributed by atoms with Gasteiger partial charge in [-0.05, 0) is 24.5 Å². The number of hydrogen-bond acceptors (Lipinski definition) is 1. The lowest BCUT2D eigenvalue weighted by molar-refractivity contribution is 0.147. The van der Waals surface area contributed by atoms with Gasteiger partial charge in [0.25, 0.3) is 0 Å². The van der Waals surface area contributed by atoms with Crippen LogP contribution in [-0.4, -0.2) is 5.11 Å². The molecule has 0 aliphatic carbocycles. The Balaban J connectivity index is 2.84. The van der Waals surface area contributed by atoms with Crippen molar-refractivity contribution in [2.24, 2.45) is 5.92 Å². The molecule has 0 saturated heterocycles. The van der Waals surface area contributed by atoms with Gasteiger partial charge in [0, 0.05) is 10.0 Å². The topological polar surface area (TPSA) is 20.2 Å². The van der Waals surface area contributed by atoms with Crippen LogP contribution in [0.1, 0.15) is 31.9 Å². The summed E-state index contributed by atoms with van der Waals surface area (Å²) in [7, 11) is 0. The molecular weight excluding hydrogens is 247 g/mol. The smallest absolute Gasteiger partial charge is 0.130 e. The van der Waals surface area contributed by atoms with E-state index in [2.05, 4.69) is 15.9 Å². The molecule has 1 N–H and O–H groups in total. The molecule has 1 nitrogen and oxygen atoms in total. The third kappa shape index (κ3) is 3.07. The molecular formula is C11H14BrFO. The van der Waals surface area contributed by atoms with E-state index in [0.717, 1.165) is 0 Å². The van der Waals surface area contributed by atoms with Gasteiger partial charge in [-0.25, -0.2) is 4.39 Å².